The number of nitrogens with one attached hydrogen (secondary N) is 2. The molecule has 1 aliphatic rings. The Labute approximate surface area is 148 Å². The van der Waals surface area contributed by atoms with Gasteiger partial charge in [-0.05, 0) is 25.0 Å². The predicted octanol–water partition coefficient (Wildman–Crippen LogP) is 2.30. The summed E-state index contributed by atoms with van der Waals surface area (Å²) >= 11 is 0. The Morgan fingerprint density at radius 3 is 2.44 bits per heavy atom. The first-order chi connectivity index (χ1) is 12.0. The number of carbonyl (C=O) groups is 2. The first-order valence-electron chi connectivity index (χ1n) is 8.57. The molecule has 0 spiro atoms. The Morgan fingerprint density at radius 2 is 1.80 bits per heavy atom. The number of amides is 3. The van der Waals surface area contributed by atoms with Crippen LogP contribution in [-0.2, 0) is 4.79 Å². The molecule has 138 valence electrons. The van der Waals surface area contributed by atoms with Crippen LogP contribution in [0.4, 0.5) is 10.5 Å². The van der Waals surface area contributed by atoms with Gasteiger partial charge in [-0.1, -0.05) is 19.3 Å². The van der Waals surface area contributed by atoms with Gasteiger partial charge in [0, 0.05) is 24.8 Å². The second-order valence-corrected chi connectivity index (χ2v) is 6.25. The predicted molar refractivity (Wildman–Crippen MR) is 96.4 cm³/mol. The molecule has 1 aliphatic carbocycles. The van der Waals surface area contributed by atoms with Crippen LogP contribution >= 0.6 is 0 Å². The first-order valence-corrected chi connectivity index (χ1v) is 8.57. The van der Waals surface area contributed by atoms with Crippen LogP contribution in [0.3, 0.4) is 0 Å². The Bertz CT molecular complexity index is 600. The van der Waals surface area contributed by atoms with Gasteiger partial charge in [-0.15, -0.1) is 0 Å². The van der Waals surface area contributed by atoms with E-state index in [9.17, 15) is 9.59 Å². The average Bonchev–Trinajstić information content (AvgIpc) is 2.61. The maximum atomic E-state index is 12.1. The molecular weight excluding hydrogens is 322 g/mol. The van der Waals surface area contributed by atoms with Crippen molar-refractivity contribution in [2.24, 2.45) is 0 Å². The fraction of sp³-hybridized carbons (Fsp3) is 0.556. The van der Waals surface area contributed by atoms with Gasteiger partial charge in [-0.25, -0.2) is 4.79 Å². The molecule has 1 aromatic carbocycles. The Morgan fingerprint density at radius 1 is 1.12 bits per heavy atom. The van der Waals surface area contributed by atoms with Crippen molar-refractivity contribution in [3.8, 4) is 11.5 Å². The van der Waals surface area contributed by atoms with Crippen molar-refractivity contribution >= 4 is 17.6 Å². The molecular formula is C18H27N3O4. The lowest BCUT2D eigenvalue weighted by atomic mass is 9.96. The topological polar surface area (TPSA) is 79.9 Å². The molecule has 7 nitrogen and oxygen atoms in total. The van der Waals surface area contributed by atoms with Crippen molar-refractivity contribution < 1.29 is 19.1 Å². The van der Waals surface area contributed by atoms with Gasteiger partial charge in [0.15, 0.2) is 11.5 Å². The van der Waals surface area contributed by atoms with E-state index in [4.69, 9.17) is 9.47 Å². The van der Waals surface area contributed by atoms with Crippen molar-refractivity contribution in [2.75, 3.05) is 32.7 Å². The molecule has 7 heteroatoms. The van der Waals surface area contributed by atoms with Crippen LogP contribution in [-0.4, -0.2) is 45.8 Å². The number of methoxy groups -OCH3 is 2. The van der Waals surface area contributed by atoms with Crippen molar-refractivity contribution in [3.05, 3.63) is 18.2 Å². The summed E-state index contributed by atoms with van der Waals surface area (Å²) in [6.45, 7) is 0.0631. The third kappa shape index (κ3) is 5.55. The molecule has 0 saturated heterocycles. The standard InChI is InChI=1S/C18H27N3O4/c1-21(14-9-10-15(24-2)16(11-14)25-3)12-17(22)20-18(23)19-13-7-5-4-6-8-13/h9-11,13H,4-8,12H2,1-3H3,(H2,19,20,22,23). The number of carbonyl (C=O) groups excluding carboxylic acids is 2. The van der Waals surface area contributed by atoms with Gasteiger partial charge in [0.05, 0.1) is 20.8 Å². The van der Waals surface area contributed by atoms with Crippen LogP contribution in [0.2, 0.25) is 0 Å². The van der Waals surface area contributed by atoms with E-state index < -0.39 is 6.03 Å². The molecule has 0 atom stereocenters. The lowest BCUT2D eigenvalue weighted by molar-refractivity contribution is -0.118. The Hall–Kier alpha value is -2.44. The van der Waals surface area contributed by atoms with Gasteiger partial charge in [-0.3, -0.25) is 10.1 Å². The summed E-state index contributed by atoms with van der Waals surface area (Å²) in [4.78, 5) is 25.8. The van der Waals surface area contributed by atoms with Crippen LogP contribution in [0.15, 0.2) is 18.2 Å². The van der Waals surface area contributed by atoms with E-state index in [0.29, 0.717) is 11.5 Å². The van der Waals surface area contributed by atoms with Crippen LogP contribution in [0.5, 0.6) is 11.5 Å². The molecule has 2 N–H and O–H groups in total. The number of nitrogens with zero attached hydrogens (tertiary/aromatic N) is 1. The van der Waals surface area contributed by atoms with Crippen molar-refractivity contribution in [3.63, 3.8) is 0 Å². The van der Waals surface area contributed by atoms with E-state index in [0.717, 1.165) is 31.4 Å². The highest BCUT2D eigenvalue weighted by molar-refractivity contribution is 5.96. The number of hydrogen-bond donors (Lipinski definition) is 2. The minimum absolute atomic E-state index is 0.0631. The van der Waals surface area contributed by atoms with Crippen LogP contribution in [0.25, 0.3) is 0 Å². The average molecular weight is 349 g/mol. The number of ether oxygens (including phenoxy) is 2. The third-order valence-corrected chi connectivity index (χ3v) is 4.38. The van der Waals surface area contributed by atoms with Gasteiger partial charge in [0.1, 0.15) is 0 Å². The molecule has 1 saturated carbocycles. The zero-order chi connectivity index (χ0) is 18.2. The normalized spacial score (nSPS) is 14.5. The summed E-state index contributed by atoms with van der Waals surface area (Å²) in [5.74, 6) is 0.851. The van der Waals surface area contributed by atoms with E-state index in [2.05, 4.69) is 10.6 Å². The molecule has 0 bridgehead atoms. The Balaban J connectivity index is 1.85. The highest BCUT2D eigenvalue weighted by Gasteiger charge is 2.18. The zero-order valence-electron chi connectivity index (χ0n) is 15.1. The molecule has 25 heavy (non-hydrogen) atoms. The van der Waals surface area contributed by atoms with Gasteiger partial charge < -0.3 is 19.7 Å². The molecule has 1 fully saturated rings. The molecule has 0 aromatic heterocycles. The lowest BCUT2D eigenvalue weighted by Gasteiger charge is -2.23. The quantitative estimate of drug-likeness (QED) is 0.824. The highest BCUT2D eigenvalue weighted by atomic mass is 16.5. The number of benzene rings is 1. The van der Waals surface area contributed by atoms with Gasteiger partial charge in [0.25, 0.3) is 0 Å². The fourth-order valence-corrected chi connectivity index (χ4v) is 3.00. The van der Waals surface area contributed by atoms with Crippen LogP contribution in [0, 0.1) is 0 Å². The lowest BCUT2D eigenvalue weighted by Crippen LogP contribution is -2.47. The van der Waals surface area contributed by atoms with E-state index in [1.54, 1.807) is 38.3 Å². The van der Waals surface area contributed by atoms with Gasteiger partial charge in [-0.2, -0.15) is 0 Å². The van der Waals surface area contributed by atoms with Crippen molar-refractivity contribution in [1.29, 1.82) is 0 Å². The van der Waals surface area contributed by atoms with Crippen molar-refractivity contribution in [2.45, 2.75) is 38.1 Å². The van der Waals surface area contributed by atoms with Crippen LogP contribution < -0.4 is 25.0 Å². The monoisotopic (exact) mass is 349 g/mol. The minimum atomic E-state index is -0.419. The van der Waals surface area contributed by atoms with E-state index in [1.165, 1.54) is 6.42 Å². The third-order valence-electron chi connectivity index (χ3n) is 4.38. The molecule has 3 amide bonds. The van der Waals surface area contributed by atoms with E-state index in [-0.39, 0.29) is 18.5 Å². The van der Waals surface area contributed by atoms with Crippen LogP contribution in [0.1, 0.15) is 32.1 Å². The summed E-state index contributed by atoms with van der Waals surface area (Å²) < 4.78 is 10.5. The second kappa shape index (κ2) is 9.15. The summed E-state index contributed by atoms with van der Waals surface area (Å²) in [7, 11) is 4.91. The summed E-state index contributed by atoms with van der Waals surface area (Å²) in [5, 5.41) is 5.26. The number of urea groups is 1. The highest BCUT2D eigenvalue weighted by Crippen LogP contribution is 2.30. The molecule has 1 aromatic rings. The summed E-state index contributed by atoms with van der Waals surface area (Å²) in [6.07, 6.45) is 5.43. The second-order valence-electron chi connectivity index (χ2n) is 6.25. The SMILES string of the molecule is COc1ccc(N(C)CC(=O)NC(=O)NC2CCCCC2)cc1OC. The largest absolute Gasteiger partial charge is 0.493 e. The smallest absolute Gasteiger partial charge is 0.321 e. The molecule has 0 aliphatic heterocycles. The van der Waals surface area contributed by atoms with Crippen molar-refractivity contribution in [1.82, 2.24) is 10.6 Å². The Kier molecular flexibility index (Phi) is 6.91. The number of likely N-dealkylation sites (N-methyl/N-ethyl adjacent to an activating group) is 1. The number of anilines is 1. The number of imide groups is 1. The fourth-order valence-electron chi connectivity index (χ4n) is 3.00. The maximum absolute atomic E-state index is 12.1. The summed E-state index contributed by atoms with van der Waals surface area (Å²) in [5.41, 5.74) is 0.792. The zero-order valence-corrected chi connectivity index (χ0v) is 15.1. The molecule has 0 radical (unpaired) electrons. The van der Waals surface area contributed by atoms with E-state index >= 15 is 0 Å². The van der Waals surface area contributed by atoms with Gasteiger partial charge in [0.2, 0.25) is 5.91 Å². The molecule has 0 heterocycles. The van der Waals surface area contributed by atoms with E-state index in [1.807, 2.05) is 6.07 Å². The molecule has 2 rings (SSSR count). The van der Waals surface area contributed by atoms with Gasteiger partial charge >= 0.3 is 6.03 Å². The number of hydrogen-bond acceptors (Lipinski definition) is 5. The summed E-state index contributed by atoms with van der Waals surface area (Å²) in [6, 6.07) is 5.14. The first kappa shape index (κ1) is 18.9. The molecule has 0 unspecified atom stereocenters. The minimum Gasteiger partial charge on any atom is -0.493 e. The number of rotatable bonds is 6. The maximum Gasteiger partial charge on any atom is 0.321 e.